The number of methoxy groups -OCH3 is 1. The summed E-state index contributed by atoms with van der Waals surface area (Å²) in [5.41, 5.74) is 2.63. The van der Waals surface area contributed by atoms with E-state index in [1.165, 1.54) is 11.3 Å². The zero-order chi connectivity index (χ0) is 23.7. The van der Waals surface area contributed by atoms with Gasteiger partial charge in [-0.25, -0.2) is 9.97 Å². The number of nitrogens with zero attached hydrogens (tertiary/aromatic N) is 5. The highest BCUT2D eigenvalue weighted by Gasteiger charge is 2.27. The highest BCUT2D eigenvalue weighted by Crippen LogP contribution is 2.39. The fourth-order valence-electron chi connectivity index (χ4n) is 4.28. The first-order valence-electron chi connectivity index (χ1n) is 11.3. The minimum absolute atomic E-state index is 0. The molecule has 1 saturated heterocycles. The predicted molar refractivity (Wildman–Crippen MR) is 142 cm³/mol. The molecule has 0 unspecified atom stereocenters. The number of anilines is 1. The number of carbonyl (C=O) groups excluding carboxylic acids is 1. The highest BCUT2D eigenvalue weighted by molar-refractivity contribution is 7.23. The van der Waals surface area contributed by atoms with E-state index in [2.05, 4.69) is 9.88 Å². The van der Waals surface area contributed by atoms with Crippen molar-refractivity contribution in [2.24, 2.45) is 0 Å². The molecule has 8 nitrogen and oxygen atoms in total. The molecule has 0 N–H and O–H groups in total. The molecule has 1 fully saturated rings. The molecule has 186 valence electrons. The van der Waals surface area contributed by atoms with Crippen molar-refractivity contribution in [1.82, 2.24) is 19.3 Å². The van der Waals surface area contributed by atoms with Gasteiger partial charge in [-0.2, -0.15) is 0 Å². The van der Waals surface area contributed by atoms with Crippen molar-refractivity contribution in [1.29, 1.82) is 0 Å². The molecule has 1 aliphatic rings. The van der Waals surface area contributed by atoms with E-state index in [9.17, 15) is 4.79 Å². The van der Waals surface area contributed by atoms with Crippen LogP contribution in [0.2, 0.25) is 5.02 Å². The van der Waals surface area contributed by atoms with Gasteiger partial charge in [0.05, 0.1) is 35.7 Å². The van der Waals surface area contributed by atoms with E-state index in [4.69, 9.17) is 26.1 Å². The predicted octanol–water partition coefficient (Wildman–Crippen LogP) is 4.71. The Morgan fingerprint density at radius 1 is 1.23 bits per heavy atom. The number of benzene rings is 1. The number of hydrogen-bond acceptors (Lipinski definition) is 7. The Labute approximate surface area is 218 Å². The van der Waals surface area contributed by atoms with Gasteiger partial charge in [-0.15, -0.1) is 12.4 Å². The summed E-state index contributed by atoms with van der Waals surface area (Å²) in [6, 6.07) is 9.31. The molecule has 0 atom stereocenters. The van der Waals surface area contributed by atoms with Gasteiger partial charge in [0.25, 0.3) is 5.91 Å². The van der Waals surface area contributed by atoms with Gasteiger partial charge in [-0.1, -0.05) is 29.0 Å². The summed E-state index contributed by atoms with van der Waals surface area (Å²) in [6.45, 7) is 6.59. The first kappa shape index (κ1) is 25.7. The number of morpholine rings is 1. The molecule has 3 aromatic heterocycles. The smallest absolute Gasteiger partial charge is 0.278 e. The van der Waals surface area contributed by atoms with Gasteiger partial charge in [-0.3, -0.25) is 19.0 Å². The molecule has 0 aliphatic carbocycles. The molecule has 1 amide bonds. The van der Waals surface area contributed by atoms with Crippen molar-refractivity contribution < 1.29 is 14.3 Å². The molecule has 35 heavy (non-hydrogen) atoms. The molecule has 11 heteroatoms. The van der Waals surface area contributed by atoms with Crippen molar-refractivity contribution in [3.63, 3.8) is 0 Å². The number of fused-ring (bicyclic) bond motifs is 2. The zero-order valence-electron chi connectivity index (χ0n) is 19.6. The minimum Gasteiger partial charge on any atom is -0.494 e. The van der Waals surface area contributed by atoms with Gasteiger partial charge in [0.15, 0.2) is 5.13 Å². The lowest BCUT2D eigenvalue weighted by atomic mass is 10.2. The Balaban J connectivity index is 0.00000289. The second-order valence-electron chi connectivity index (χ2n) is 8.16. The molecule has 1 aromatic carbocycles. The number of amides is 1. The van der Waals surface area contributed by atoms with Gasteiger partial charge in [-0.05, 0) is 37.6 Å². The summed E-state index contributed by atoms with van der Waals surface area (Å²) < 4.78 is 13.6. The third kappa shape index (κ3) is 5.10. The average Bonchev–Trinajstić information content (AvgIpc) is 3.44. The van der Waals surface area contributed by atoms with Crippen LogP contribution in [0.25, 0.3) is 15.9 Å². The molecule has 4 aromatic rings. The Hall–Kier alpha value is -2.43. The normalized spacial score (nSPS) is 14.3. The van der Waals surface area contributed by atoms with E-state index in [1.807, 2.05) is 35.7 Å². The monoisotopic (exact) mass is 535 g/mol. The van der Waals surface area contributed by atoms with Crippen LogP contribution in [0.1, 0.15) is 22.6 Å². The van der Waals surface area contributed by atoms with Gasteiger partial charge in [0.2, 0.25) is 0 Å². The maximum atomic E-state index is 14.0. The van der Waals surface area contributed by atoms with Crippen LogP contribution < -0.4 is 9.64 Å². The van der Waals surface area contributed by atoms with Gasteiger partial charge >= 0.3 is 0 Å². The van der Waals surface area contributed by atoms with Crippen LogP contribution in [0.5, 0.6) is 5.75 Å². The zero-order valence-corrected chi connectivity index (χ0v) is 22.0. The van der Waals surface area contributed by atoms with Crippen LogP contribution in [-0.4, -0.2) is 71.7 Å². The lowest BCUT2D eigenvalue weighted by molar-refractivity contribution is 0.0376. The van der Waals surface area contributed by atoms with Crippen molar-refractivity contribution >= 4 is 62.2 Å². The summed E-state index contributed by atoms with van der Waals surface area (Å²) in [7, 11) is 1.61. The molecule has 5 rings (SSSR count). The van der Waals surface area contributed by atoms with E-state index in [0.717, 1.165) is 49.6 Å². The number of pyridine rings is 1. The van der Waals surface area contributed by atoms with E-state index >= 15 is 0 Å². The van der Waals surface area contributed by atoms with E-state index in [0.29, 0.717) is 39.4 Å². The van der Waals surface area contributed by atoms with Crippen molar-refractivity contribution in [2.45, 2.75) is 13.3 Å². The second-order valence-corrected chi connectivity index (χ2v) is 9.55. The minimum atomic E-state index is -0.132. The molecular formula is C24H27Cl2N5O3S. The van der Waals surface area contributed by atoms with Crippen LogP contribution >= 0.6 is 35.3 Å². The summed E-state index contributed by atoms with van der Waals surface area (Å²) in [4.78, 5) is 27.5. The number of rotatable bonds is 7. The maximum absolute atomic E-state index is 14.0. The first-order valence-corrected chi connectivity index (χ1v) is 12.4. The van der Waals surface area contributed by atoms with Crippen molar-refractivity contribution in [2.75, 3.05) is 51.4 Å². The number of imidazole rings is 1. The third-order valence-corrected chi connectivity index (χ3v) is 7.55. The summed E-state index contributed by atoms with van der Waals surface area (Å²) in [5, 5.41) is 1.19. The molecular weight excluding hydrogens is 509 g/mol. The van der Waals surface area contributed by atoms with Crippen LogP contribution in [0.15, 0.2) is 36.5 Å². The third-order valence-electron chi connectivity index (χ3n) is 6.01. The van der Waals surface area contributed by atoms with E-state index < -0.39 is 0 Å². The standard InChI is InChI=1S/C24H26ClN5O3S.ClH/c1-16-21(29-10-4-3-6-19(29)26-16)23(31)30(11-5-9-28-12-14-33-15-13-28)24-27-20-18(32-2)8-7-17(25)22(20)34-24;/h3-4,6-8,10H,5,9,11-15H2,1-2H3;1H. The summed E-state index contributed by atoms with van der Waals surface area (Å²) in [6.07, 6.45) is 2.68. The molecule has 0 radical (unpaired) electrons. The number of aromatic nitrogens is 3. The number of hydrogen-bond donors (Lipinski definition) is 0. The largest absolute Gasteiger partial charge is 0.494 e. The number of thiazole rings is 1. The number of aryl methyl sites for hydroxylation is 1. The molecule has 0 saturated carbocycles. The number of ether oxygens (including phenoxy) is 2. The fraction of sp³-hybridized carbons (Fsp3) is 0.375. The first-order chi connectivity index (χ1) is 16.6. The summed E-state index contributed by atoms with van der Waals surface area (Å²) in [5.74, 6) is 0.501. The molecule has 4 heterocycles. The summed E-state index contributed by atoms with van der Waals surface area (Å²) >= 11 is 7.87. The second kappa shape index (κ2) is 11.1. The molecule has 0 spiro atoms. The SMILES string of the molecule is COc1ccc(Cl)c2sc(N(CCCN3CCOCC3)C(=O)c3c(C)nc4ccccn34)nc12.Cl. The lowest BCUT2D eigenvalue weighted by Gasteiger charge is -2.27. The molecule has 1 aliphatic heterocycles. The average molecular weight is 536 g/mol. The fourth-order valence-corrected chi connectivity index (χ4v) is 5.56. The quantitative estimate of drug-likeness (QED) is 0.341. The number of halogens is 2. The Morgan fingerprint density at radius 2 is 2.03 bits per heavy atom. The lowest BCUT2D eigenvalue weighted by Crippen LogP contribution is -2.39. The van der Waals surface area contributed by atoms with Crippen LogP contribution in [0, 0.1) is 6.92 Å². The Morgan fingerprint density at radius 3 is 2.80 bits per heavy atom. The maximum Gasteiger partial charge on any atom is 0.278 e. The van der Waals surface area contributed by atoms with E-state index in [1.54, 1.807) is 24.1 Å². The van der Waals surface area contributed by atoms with Crippen molar-refractivity contribution in [3.8, 4) is 5.75 Å². The Kier molecular flexibility index (Phi) is 8.13. The number of carbonyl (C=O) groups is 1. The Bertz CT molecular complexity index is 1340. The van der Waals surface area contributed by atoms with E-state index in [-0.39, 0.29) is 18.3 Å². The van der Waals surface area contributed by atoms with Gasteiger partial charge in [0.1, 0.15) is 22.6 Å². The van der Waals surface area contributed by atoms with Crippen LogP contribution in [0.4, 0.5) is 5.13 Å². The molecule has 0 bridgehead atoms. The highest BCUT2D eigenvalue weighted by atomic mass is 35.5. The van der Waals surface area contributed by atoms with Gasteiger partial charge < -0.3 is 9.47 Å². The topological polar surface area (TPSA) is 72.2 Å². The van der Waals surface area contributed by atoms with Gasteiger partial charge in [0, 0.05) is 32.4 Å². The van der Waals surface area contributed by atoms with Crippen molar-refractivity contribution in [3.05, 3.63) is 52.9 Å². The van der Waals surface area contributed by atoms with Crippen LogP contribution in [0.3, 0.4) is 0 Å². The van der Waals surface area contributed by atoms with Crippen LogP contribution in [-0.2, 0) is 4.74 Å².